The molecule has 2 aromatic heterocycles. The summed E-state index contributed by atoms with van der Waals surface area (Å²) in [6.45, 7) is 3.60. The van der Waals surface area contributed by atoms with Crippen molar-refractivity contribution in [1.29, 1.82) is 0 Å². The minimum atomic E-state index is 0.0234. The molecule has 0 bridgehead atoms. The Kier molecular flexibility index (Phi) is 4.83. The molecule has 0 unspecified atom stereocenters. The number of likely N-dealkylation sites (tertiary alicyclic amines) is 1. The quantitative estimate of drug-likeness (QED) is 0.639. The van der Waals surface area contributed by atoms with Crippen molar-refractivity contribution in [2.45, 2.75) is 44.7 Å². The van der Waals surface area contributed by atoms with Crippen LogP contribution < -0.4 is 10.3 Å². The van der Waals surface area contributed by atoms with Crippen LogP contribution in [0.1, 0.15) is 43.1 Å². The monoisotopic (exact) mass is 394 g/mol. The fraction of sp³-hybridized carbons (Fsp3) is 0.500. The zero-order valence-corrected chi connectivity index (χ0v) is 16.7. The lowest BCUT2D eigenvalue weighted by Gasteiger charge is -2.31. The van der Waals surface area contributed by atoms with Crippen molar-refractivity contribution >= 4 is 10.9 Å². The first-order valence-electron chi connectivity index (χ1n) is 10.4. The van der Waals surface area contributed by atoms with E-state index in [4.69, 9.17) is 9.26 Å². The molecule has 2 aliphatic rings. The van der Waals surface area contributed by atoms with Gasteiger partial charge >= 0.3 is 0 Å². The molecule has 1 aliphatic carbocycles. The zero-order valence-electron chi connectivity index (χ0n) is 16.7. The molecule has 0 atom stereocenters. The lowest BCUT2D eigenvalue weighted by atomic mass is 9.96. The molecule has 7 nitrogen and oxygen atoms in total. The van der Waals surface area contributed by atoms with E-state index >= 15 is 0 Å². The average molecular weight is 394 g/mol. The van der Waals surface area contributed by atoms with E-state index in [-0.39, 0.29) is 5.56 Å². The summed E-state index contributed by atoms with van der Waals surface area (Å²) in [6.07, 6.45) is 6.28. The van der Waals surface area contributed by atoms with E-state index in [0.29, 0.717) is 28.5 Å². The van der Waals surface area contributed by atoms with Crippen LogP contribution in [0.25, 0.3) is 10.9 Å². The minimum Gasteiger partial charge on any atom is -0.497 e. The van der Waals surface area contributed by atoms with Crippen molar-refractivity contribution < 1.29 is 9.26 Å². The summed E-state index contributed by atoms with van der Waals surface area (Å²) < 4.78 is 12.4. The van der Waals surface area contributed by atoms with Gasteiger partial charge in [0, 0.05) is 31.1 Å². The van der Waals surface area contributed by atoms with E-state index in [1.807, 2.05) is 6.07 Å². The van der Waals surface area contributed by atoms with Gasteiger partial charge in [0.2, 0.25) is 0 Å². The molecule has 1 saturated carbocycles. The van der Waals surface area contributed by atoms with Crippen molar-refractivity contribution in [1.82, 2.24) is 19.6 Å². The molecule has 29 heavy (non-hydrogen) atoms. The SMILES string of the molecule is COc1ccc2c(=O)n(CC3CCN(Cc4cc(C5CC5)on4)CC3)cnc2c1. The number of aromatic nitrogens is 3. The molecule has 1 saturated heterocycles. The first kappa shape index (κ1) is 18.4. The molecular formula is C22H26N4O3. The number of benzene rings is 1. The molecular weight excluding hydrogens is 368 g/mol. The molecule has 0 spiro atoms. The molecule has 3 heterocycles. The van der Waals surface area contributed by atoms with Crippen LogP contribution in [0.4, 0.5) is 0 Å². The van der Waals surface area contributed by atoms with Gasteiger partial charge < -0.3 is 9.26 Å². The summed E-state index contributed by atoms with van der Waals surface area (Å²) in [5, 5.41) is 4.87. The van der Waals surface area contributed by atoms with Gasteiger partial charge in [-0.05, 0) is 56.8 Å². The van der Waals surface area contributed by atoms with Gasteiger partial charge in [-0.2, -0.15) is 0 Å². The van der Waals surface area contributed by atoms with Crippen LogP contribution >= 0.6 is 0 Å². The zero-order chi connectivity index (χ0) is 19.8. The van der Waals surface area contributed by atoms with Crippen LogP contribution in [0.15, 0.2) is 39.9 Å². The second kappa shape index (κ2) is 7.63. The van der Waals surface area contributed by atoms with Crippen molar-refractivity contribution in [2.75, 3.05) is 20.2 Å². The predicted octanol–water partition coefficient (Wildman–Crippen LogP) is 3.18. The second-order valence-electron chi connectivity index (χ2n) is 8.30. The van der Waals surface area contributed by atoms with Gasteiger partial charge in [-0.15, -0.1) is 0 Å². The highest BCUT2D eigenvalue weighted by molar-refractivity contribution is 5.78. The highest BCUT2D eigenvalue weighted by Crippen LogP contribution is 2.40. The summed E-state index contributed by atoms with van der Waals surface area (Å²) in [7, 11) is 1.61. The first-order chi connectivity index (χ1) is 14.2. The van der Waals surface area contributed by atoms with Gasteiger partial charge in [0.15, 0.2) is 0 Å². The van der Waals surface area contributed by atoms with Crippen LogP contribution in [0.5, 0.6) is 5.75 Å². The average Bonchev–Trinajstić information content (AvgIpc) is 3.50. The van der Waals surface area contributed by atoms with E-state index in [1.165, 1.54) is 12.8 Å². The molecule has 3 aromatic rings. The maximum absolute atomic E-state index is 12.8. The lowest BCUT2D eigenvalue weighted by molar-refractivity contribution is 0.163. The number of nitrogens with zero attached hydrogens (tertiary/aromatic N) is 4. The van der Waals surface area contributed by atoms with Gasteiger partial charge in [-0.1, -0.05) is 5.16 Å². The van der Waals surface area contributed by atoms with Crippen molar-refractivity contribution in [2.24, 2.45) is 5.92 Å². The fourth-order valence-electron chi connectivity index (χ4n) is 4.19. The number of hydrogen-bond donors (Lipinski definition) is 0. The minimum absolute atomic E-state index is 0.0234. The number of rotatable bonds is 6. The standard InChI is InChI=1S/C22H26N4O3/c1-28-18-4-5-19-20(11-18)23-14-26(22(19)27)12-15-6-8-25(9-7-15)13-17-10-21(29-24-17)16-2-3-16/h4-5,10-11,14-16H,2-3,6-9,12-13H2,1H3. The van der Waals surface area contributed by atoms with Crippen LogP contribution in [0.3, 0.4) is 0 Å². The van der Waals surface area contributed by atoms with Crippen molar-refractivity contribution in [3.63, 3.8) is 0 Å². The van der Waals surface area contributed by atoms with Gasteiger partial charge in [0.1, 0.15) is 11.5 Å². The second-order valence-corrected chi connectivity index (χ2v) is 8.30. The Morgan fingerprint density at radius 2 is 2.00 bits per heavy atom. The van der Waals surface area contributed by atoms with E-state index in [9.17, 15) is 4.79 Å². The fourth-order valence-corrected chi connectivity index (χ4v) is 4.19. The molecule has 2 fully saturated rings. The van der Waals surface area contributed by atoms with Crippen molar-refractivity contribution in [3.8, 4) is 5.75 Å². The van der Waals surface area contributed by atoms with Crippen molar-refractivity contribution in [3.05, 3.63) is 52.4 Å². The Morgan fingerprint density at radius 1 is 1.17 bits per heavy atom. The van der Waals surface area contributed by atoms with Crippen LogP contribution in [0.2, 0.25) is 0 Å². The van der Waals surface area contributed by atoms with E-state index in [0.717, 1.165) is 50.5 Å². The third-order valence-electron chi connectivity index (χ3n) is 6.14. The summed E-state index contributed by atoms with van der Waals surface area (Å²) in [5.41, 5.74) is 1.74. The Morgan fingerprint density at radius 3 is 2.76 bits per heavy atom. The molecule has 0 radical (unpaired) electrons. The maximum Gasteiger partial charge on any atom is 0.261 e. The Labute approximate surface area is 169 Å². The number of methoxy groups -OCH3 is 1. The van der Waals surface area contributed by atoms with Crippen LogP contribution in [0, 0.1) is 5.92 Å². The molecule has 152 valence electrons. The van der Waals surface area contributed by atoms with E-state index < -0.39 is 0 Å². The molecule has 0 N–H and O–H groups in total. The maximum atomic E-state index is 12.8. The third-order valence-corrected chi connectivity index (χ3v) is 6.14. The highest BCUT2D eigenvalue weighted by atomic mass is 16.5. The smallest absolute Gasteiger partial charge is 0.261 e. The number of hydrogen-bond acceptors (Lipinski definition) is 6. The Hall–Kier alpha value is -2.67. The number of piperidine rings is 1. The van der Waals surface area contributed by atoms with Gasteiger partial charge in [-0.25, -0.2) is 4.98 Å². The topological polar surface area (TPSA) is 73.4 Å². The predicted molar refractivity (Wildman–Crippen MR) is 109 cm³/mol. The Balaban J connectivity index is 1.20. The third kappa shape index (κ3) is 3.92. The first-order valence-corrected chi connectivity index (χ1v) is 10.4. The Bertz CT molecular complexity index is 1060. The summed E-state index contributed by atoms with van der Waals surface area (Å²) in [4.78, 5) is 19.7. The highest BCUT2D eigenvalue weighted by Gasteiger charge is 2.28. The largest absolute Gasteiger partial charge is 0.497 e. The number of fused-ring (bicyclic) bond motifs is 1. The van der Waals surface area contributed by atoms with Gasteiger partial charge in [0.05, 0.1) is 30.0 Å². The summed E-state index contributed by atoms with van der Waals surface area (Å²) >= 11 is 0. The normalized spacial score (nSPS) is 18.4. The lowest BCUT2D eigenvalue weighted by Crippen LogP contribution is -2.36. The van der Waals surface area contributed by atoms with E-state index in [2.05, 4.69) is 21.1 Å². The van der Waals surface area contributed by atoms with Gasteiger partial charge in [-0.3, -0.25) is 14.3 Å². The van der Waals surface area contributed by atoms with Crippen LogP contribution in [-0.4, -0.2) is 39.8 Å². The molecule has 1 aliphatic heterocycles. The van der Waals surface area contributed by atoms with E-state index in [1.54, 1.807) is 30.1 Å². The number of ether oxygens (including phenoxy) is 1. The molecule has 7 heteroatoms. The van der Waals surface area contributed by atoms with Gasteiger partial charge in [0.25, 0.3) is 5.56 Å². The molecule has 0 amide bonds. The molecule has 1 aromatic carbocycles. The molecule has 5 rings (SSSR count). The summed E-state index contributed by atoms with van der Waals surface area (Å²) in [5.74, 6) is 2.86. The van der Waals surface area contributed by atoms with Crippen LogP contribution in [-0.2, 0) is 13.1 Å². The summed E-state index contributed by atoms with van der Waals surface area (Å²) in [6, 6.07) is 7.54.